The van der Waals surface area contributed by atoms with Crippen LogP contribution < -0.4 is 4.74 Å². The highest BCUT2D eigenvalue weighted by molar-refractivity contribution is 5.85. The predicted molar refractivity (Wildman–Crippen MR) is 160 cm³/mol. The van der Waals surface area contributed by atoms with Crippen molar-refractivity contribution in [1.29, 1.82) is 0 Å². The van der Waals surface area contributed by atoms with Crippen molar-refractivity contribution in [1.82, 2.24) is 0 Å². The summed E-state index contributed by atoms with van der Waals surface area (Å²) in [5, 5.41) is 14.0. The Labute approximate surface area is 252 Å². The summed E-state index contributed by atoms with van der Waals surface area (Å²) in [7, 11) is 0. The number of esters is 1. The van der Waals surface area contributed by atoms with Gasteiger partial charge in [-0.1, -0.05) is 52.9 Å². The van der Waals surface area contributed by atoms with Crippen LogP contribution >= 0.6 is 0 Å². The van der Waals surface area contributed by atoms with E-state index in [4.69, 9.17) is 28.2 Å². The molecule has 4 atom stereocenters. The van der Waals surface area contributed by atoms with Gasteiger partial charge in [-0.25, -0.2) is 0 Å². The monoisotopic (exact) mass is 587 g/mol. The van der Waals surface area contributed by atoms with Crippen LogP contribution in [0.4, 0.5) is 0 Å². The van der Waals surface area contributed by atoms with Crippen LogP contribution in [-0.4, -0.2) is 61.0 Å². The van der Waals surface area contributed by atoms with Crippen LogP contribution in [0.15, 0.2) is 94.7 Å². The van der Waals surface area contributed by atoms with Crippen molar-refractivity contribution < 1.29 is 38.1 Å². The highest BCUT2D eigenvalue weighted by Gasteiger charge is 2.30. The van der Waals surface area contributed by atoms with Crippen molar-refractivity contribution in [2.45, 2.75) is 57.7 Å². The Balaban J connectivity index is 1.22. The molecule has 0 saturated carbocycles. The SMILES string of the molecule is CC(CCC(=O)OC[C@H]1O[C@H](C#Cc2ccccc2)C=C[C@H]1Oc1ccc(C)cc1)=NOC[C@@H](O)COCc1ccco1. The zero-order valence-electron chi connectivity index (χ0n) is 24.4. The van der Waals surface area contributed by atoms with E-state index >= 15 is 0 Å². The minimum absolute atomic E-state index is 0.000106. The fourth-order valence-electron chi connectivity index (χ4n) is 3.97. The van der Waals surface area contributed by atoms with Gasteiger partial charge in [0.1, 0.15) is 55.7 Å². The number of oxime groups is 1. The molecule has 1 aliphatic rings. The molecule has 1 N–H and O–H groups in total. The van der Waals surface area contributed by atoms with E-state index in [2.05, 4.69) is 17.0 Å². The largest absolute Gasteiger partial charge is 0.483 e. The van der Waals surface area contributed by atoms with E-state index in [9.17, 15) is 9.90 Å². The van der Waals surface area contributed by atoms with Gasteiger partial charge in [-0.2, -0.15) is 0 Å². The average Bonchev–Trinajstić information content (AvgIpc) is 3.54. The molecule has 0 spiro atoms. The standard InChI is InChI=1S/C34H37NO8/c1-25-10-14-29(15-11-25)42-32-18-17-30(16-13-27-7-4-3-5-8-27)43-33(32)24-40-34(37)19-12-26(2)35-41-22-28(36)21-38-23-31-9-6-20-39-31/h3-11,14-15,17-18,20,28,30,32-33,36H,12,19,21-24H2,1-2H3/t28-,30+,32+,33+/m0/s1. The van der Waals surface area contributed by atoms with Gasteiger partial charge in [0.2, 0.25) is 0 Å². The summed E-state index contributed by atoms with van der Waals surface area (Å²) < 4.78 is 28.4. The molecule has 1 aliphatic heterocycles. The molecule has 3 aromatic rings. The molecule has 9 heteroatoms. The van der Waals surface area contributed by atoms with Crippen LogP contribution in [-0.2, 0) is 30.4 Å². The highest BCUT2D eigenvalue weighted by Crippen LogP contribution is 2.21. The lowest BCUT2D eigenvalue weighted by atomic mass is 10.1. The molecule has 1 aromatic heterocycles. The molecule has 0 saturated heterocycles. The average molecular weight is 588 g/mol. The summed E-state index contributed by atoms with van der Waals surface area (Å²) in [6, 6.07) is 20.9. The van der Waals surface area contributed by atoms with Crippen molar-refractivity contribution in [2.24, 2.45) is 5.16 Å². The van der Waals surface area contributed by atoms with E-state index in [1.54, 1.807) is 25.3 Å². The van der Waals surface area contributed by atoms with E-state index in [-0.39, 0.29) is 32.8 Å². The second kappa shape index (κ2) is 16.9. The molecule has 2 aromatic carbocycles. The van der Waals surface area contributed by atoms with Crippen LogP contribution in [0, 0.1) is 18.8 Å². The lowest BCUT2D eigenvalue weighted by Gasteiger charge is -2.30. The fraction of sp³-hybridized carbons (Fsp3) is 0.353. The number of hydrogen-bond acceptors (Lipinski definition) is 9. The maximum atomic E-state index is 12.6. The molecular weight excluding hydrogens is 550 g/mol. The Morgan fingerprint density at radius 3 is 2.60 bits per heavy atom. The number of nitrogens with zero attached hydrogens (tertiary/aromatic N) is 1. The molecule has 0 radical (unpaired) electrons. The number of rotatable bonds is 14. The number of hydrogen-bond donors (Lipinski definition) is 1. The summed E-state index contributed by atoms with van der Waals surface area (Å²) >= 11 is 0. The van der Waals surface area contributed by atoms with Gasteiger partial charge in [0.05, 0.1) is 25.0 Å². The Morgan fingerprint density at radius 1 is 1.02 bits per heavy atom. The Morgan fingerprint density at radius 2 is 1.84 bits per heavy atom. The van der Waals surface area contributed by atoms with Gasteiger partial charge in [-0.3, -0.25) is 4.79 Å². The summed E-state index contributed by atoms with van der Waals surface area (Å²) in [4.78, 5) is 17.8. The minimum atomic E-state index is -0.850. The number of carbonyl (C=O) groups is 1. The first-order valence-electron chi connectivity index (χ1n) is 14.2. The van der Waals surface area contributed by atoms with Gasteiger partial charge in [0.25, 0.3) is 0 Å². The van der Waals surface area contributed by atoms with Crippen LogP contribution in [0.1, 0.15) is 36.7 Å². The summed E-state index contributed by atoms with van der Waals surface area (Å²) in [6.45, 7) is 4.05. The van der Waals surface area contributed by atoms with E-state index in [1.807, 2.05) is 73.7 Å². The second-order valence-electron chi connectivity index (χ2n) is 10.1. The number of aliphatic hydroxyl groups is 1. The first-order chi connectivity index (χ1) is 20.9. The van der Waals surface area contributed by atoms with Gasteiger partial charge in [0, 0.05) is 5.56 Å². The number of aliphatic hydroxyl groups excluding tert-OH is 1. The van der Waals surface area contributed by atoms with Crippen molar-refractivity contribution in [3.63, 3.8) is 0 Å². The number of benzene rings is 2. The Bertz CT molecular complexity index is 1370. The van der Waals surface area contributed by atoms with Crippen LogP contribution in [0.3, 0.4) is 0 Å². The minimum Gasteiger partial charge on any atom is -0.483 e. The second-order valence-corrected chi connectivity index (χ2v) is 10.1. The third-order valence-corrected chi connectivity index (χ3v) is 6.31. The van der Waals surface area contributed by atoms with E-state index in [0.29, 0.717) is 23.6 Å². The van der Waals surface area contributed by atoms with Crippen molar-refractivity contribution >= 4 is 11.7 Å². The topological polar surface area (TPSA) is 109 Å². The van der Waals surface area contributed by atoms with Gasteiger partial charge in [0.15, 0.2) is 0 Å². The van der Waals surface area contributed by atoms with Crippen molar-refractivity contribution in [3.8, 4) is 17.6 Å². The smallest absolute Gasteiger partial charge is 0.306 e. The van der Waals surface area contributed by atoms with Crippen molar-refractivity contribution in [3.05, 3.63) is 102 Å². The number of aryl methyl sites for hydroxylation is 1. The van der Waals surface area contributed by atoms with Crippen molar-refractivity contribution in [2.75, 3.05) is 19.8 Å². The number of carbonyl (C=O) groups excluding carboxylic acids is 1. The summed E-state index contributed by atoms with van der Waals surface area (Å²) in [6.07, 6.45) is 3.42. The molecule has 4 rings (SSSR count). The Hall–Kier alpha value is -4.36. The number of ether oxygens (including phenoxy) is 4. The molecule has 226 valence electrons. The fourth-order valence-corrected chi connectivity index (χ4v) is 3.97. The molecule has 43 heavy (non-hydrogen) atoms. The van der Waals surface area contributed by atoms with Gasteiger partial charge in [-0.05, 0) is 68.8 Å². The maximum Gasteiger partial charge on any atom is 0.306 e. The quantitative estimate of drug-likeness (QED) is 0.0923. The molecule has 0 bridgehead atoms. The molecule has 0 unspecified atom stereocenters. The maximum absolute atomic E-state index is 12.6. The summed E-state index contributed by atoms with van der Waals surface area (Å²) in [5.41, 5.74) is 2.60. The van der Waals surface area contributed by atoms with Crippen LogP contribution in [0.5, 0.6) is 5.75 Å². The zero-order chi connectivity index (χ0) is 30.3. The van der Waals surface area contributed by atoms with Gasteiger partial charge < -0.3 is 33.3 Å². The van der Waals surface area contributed by atoms with E-state index in [1.165, 1.54) is 0 Å². The molecule has 0 amide bonds. The Kier molecular flexibility index (Phi) is 12.4. The highest BCUT2D eigenvalue weighted by atomic mass is 16.6. The molecule has 9 nitrogen and oxygen atoms in total. The lowest BCUT2D eigenvalue weighted by Crippen LogP contribution is -2.42. The predicted octanol–water partition coefficient (Wildman–Crippen LogP) is 5.00. The third kappa shape index (κ3) is 11.4. The van der Waals surface area contributed by atoms with Crippen LogP contribution in [0.2, 0.25) is 0 Å². The number of furan rings is 1. The summed E-state index contributed by atoms with van der Waals surface area (Å²) in [5.74, 6) is 7.19. The molecular formula is C34H37NO8. The molecule has 0 aliphatic carbocycles. The third-order valence-electron chi connectivity index (χ3n) is 6.31. The van der Waals surface area contributed by atoms with E-state index < -0.39 is 30.4 Å². The lowest BCUT2D eigenvalue weighted by molar-refractivity contribution is -0.151. The first kappa shape index (κ1) is 31.6. The van der Waals surface area contributed by atoms with Gasteiger partial charge in [-0.15, -0.1) is 0 Å². The molecule has 2 heterocycles. The first-order valence-corrected chi connectivity index (χ1v) is 14.2. The van der Waals surface area contributed by atoms with Gasteiger partial charge >= 0.3 is 5.97 Å². The van der Waals surface area contributed by atoms with Crippen LogP contribution in [0.25, 0.3) is 0 Å². The normalized spacial score (nSPS) is 18.8. The zero-order valence-corrected chi connectivity index (χ0v) is 24.4. The van der Waals surface area contributed by atoms with E-state index in [0.717, 1.165) is 11.1 Å². The molecule has 0 fully saturated rings.